The number of nitrogens with one attached hydrogen (secondary N) is 1. The van der Waals surface area contributed by atoms with Crippen molar-refractivity contribution in [3.05, 3.63) is 64.2 Å². The van der Waals surface area contributed by atoms with Gasteiger partial charge in [0.1, 0.15) is 5.82 Å². The van der Waals surface area contributed by atoms with Gasteiger partial charge in [-0.2, -0.15) is 0 Å². The van der Waals surface area contributed by atoms with Crippen molar-refractivity contribution in [1.82, 2.24) is 10.3 Å². The average molecular weight is 258 g/mol. The lowest BCUT2D eigenvalue weighted by atomic mass is 10.1. The predicted molar refractivity (Wildman–Crippen MR) is 75.4 cm³/mol. The molecule has 19 heavy (non-hydrogen) atoms. The van der Waals surface area contributed by atoms with E-state index in [1.807, 2.05) is 31.3 Å². The Labute approximate surface area is 113 Å². The summed E-state index contributed by atoms with van der Waals surface area (Å²) in [6.07, 6.45) is 1.88. The first kappa shape index (κ1) is 13.7. The fourth-order valence-electron chi connectivity index (χ4n) is 2.09. The van der Waals surface area contributed by atoms with E-state index < -0.39 is 0 Å². The summed E-state index contributed by atoms with van der Waals surface area (Å²) in [4.78, 5) is 4.26. The monoisotopic (exact) mass is 258 g/mol. The molecule has 0 atom stereocenters. The summed E-state index contributed by atoms with van der Waals surface area (Å²) in [7, 11) is 0. The Hall–Kier alpha value is -1.74. The molecule has 0 unspecified atom stereocenters. The van der Waals surface area contributed by atoms with Gasteiger partial charge in [-0.3, -0.25) is 4.98 Å². The highest BCUT2D eigenvalue weighted by atomic mass is 19.1. The van der Waals surface area contributed by atoms with E-state index in [2.05, 4.69) is 16.4 Å². The van der Waals surface area contributed by atoms with Gasteiger partial charge in [0, 0.05) is 25.0 Å². The summed E-state index contributed by atoms with van der Waals surface area (Å²) in [5.41, 5.74) is 4.69. The Morgan fingerprint density at radius 2 is 1.63 bits per heavy atom. The Morgan fingerprint density at radius 3 is 2.21 bits per heavy atom. The SMILES string of the molecule is Cc1ccc(CNCc2cc(C)c(F)c(C)c2)cn1. The molecular formula is C16H19FN2. The summed E-state index contributed by atoms with van der Waals surface area (Å²) >= 11 is 0. The number of aryl methyl sites for hydroxylation is 3. The lowest BCUT2D eigenvalue weighted by Crippen LogP contribution is -2.13. The van der Waals surface area contributed by atoms with E-state index in [1.54, 1.807) is 13.8 Å². The molecule has 1 aromatic carbocycles. The molecule has 0 saturated carbocycles. The zero-order chi connectivity index (χ0) is 13.8. The fourth-order valence-corrected chi connectivity index (χ4v) is 2.09. The quantitative estimate of drug-likeness (QED) is 0.908. The van der Waals surface area contributed by atoms with Crippen molar-refractivity contribution in [3.63, 3.8) is 0 Å². The van der Waals surface area contributed by atoms with Crippen molar-refractivity contribution in [3.8, 4) is 0 Å². The van der Waals surface area contributed by atoms with Crippen LogP contribution < -0.4 is 5.32 Å². The van der Waals surface area contributed by atoms with E-state index in [1.165, 1.54) is 0 Å². The Morgan fingerprint density at radius 1 is 1.00 bits per heavy atom. The maximum atomic E-state index is 13.5. The van der Waals surface area contributed by atoms with E-state index in [9.17, 15) is 4.39 Å². The first-order chi connectivity index (χ1) is 9.06. The van der Waals surface area contributed by atoms with Crippen LogP contribution in [0.2, 0.25) is 0 Å². The molecule has 2 rings (SSSR count). The maximum Gasteiger partial charge on any atom is 0.129 e. The van der Waals surface area contributed by atoms with Gasteiger partial charge in [0.2, 0.25) is 0 Å². The molecule has 0 aliphatic heterocycles. The van der Waals surface area contributed by atoms with Gasteiger partial charge in [-0.05, 0) is 49.1 Å². The lowest BCUT2D eigenvalue weighted by Gasteiger charge is -2.08. The van der Waals surface area contributed by atoms with Gasteiger partial charge in [0.05, 0.1) is 0 Å². The maximum absolute atomic E-state index is 13.5. The molecule has 0 fully saturated rings. The van der Waals surface area contributed by atoms with Gasteiger partial charge in [-0.15, -0.1) is 0 Å². The standard InChI is InChI=1S/C16H19FN2/c1-11-6-15(7-12(2)16(11)17)9-18-8-14-5-4-13(3)19-10-14/h4-7,10,18H,8-9H2,1-3H3. The Balaban J connectivity index is 1.94. The fraction of sp³-hybridized carbons (Fsp3) is 0.312. The first-order valence-electron chi connectivity index (χ1n) is 6.44. The van der Waals surface area contributed by atoms with Crippen molar-refractivity contribution < 1.29 is 4.39 Å². The molecule has 2 aromatic rings. The van der Waals surface area contributed by atoms with Crippen LogP contribution in [-0.4, -0.2) is 4.98 Å². The number of benzene rings is 1. The summed E-state index contributed by atoms with van der Waals surface area (Å²) in [6.45, 7) is 7.07. The van der Waals surface area contributed by atoms with E-state index in [0.717, 1.165) is 29.9 Å². The third-order valence-corrected chi connectivity index (χ3v) is 3.13. The number of pyridine rings is 1. The molecule has 0 saturated heterocycles. The number of nitrogens with zero attached hydrogens (tertiary/aromatic N) is 1. The second kappa shape index (κ2) is 5.93. The first-order valence-corrected chi connectivity index (χ1v) is 6.44. The van der Waals surface area contributed by atoms with Gasteiger partial charge in [0.15, 0.2) is 0 Å². The predicted octanol–water partition coefficient (Wildman–Crippen LogP) is 3.44. The van der Waals surface area contributed by atoms with Crippen LogP contribution in [0.25, 0.3) is 0 Å². The van der Waals surface area contributed by atoms with Crippen LogP contribution in [0.15, 0.2) is 30.5 Å². The summed E-state index contributed by atoms with van der Waals surface area (Å²) in [5.74, 6) is -0.105. The second-order valence-electron chi connectivity index (χ2n) is 4.95. The Bertz CT molecular complexity index is 538. The molecule has 0 bridgehead atoms. The highest BCUT2D eigenvalue weighted by Crippen LogP contribution is 2.14. The summed E-state index contributed by atoms with van der Waals surface area (Å²) in [5, 5.41) is 3.35. The topological polar surface area (TPSA) is 24.9 Å². The lowest BCUT2D eigenvalue weighted by molar-refractivity contribution is 0.606. The van der Waals surface area contributed by atoms with Crippen LogP contribution >= 0.6 is 0 Å². The molecule has 1 heterocycles. The van der Waals surface area contributed by atoms with Crippen LogP contribution in [0.5, 0.6) is 0 Å². The highest BCUT2D eigenvalue weighted by molar-refractivity contribution is 5.30. The van der Waals surface area contributed by atoms with Crippen LogP contribution in [-0.2, 0) is 13.1 Å². The van der Waals surface area contributed by atoms with E-state index >= 15 is 0 Å². The normalized spacial score (nSPS) is 10.7. The van der Waals surface area contributed by atoms with Crippen molar-refractivity contribution in [2.24, 2.45) is 0 Å². The molecule has 100 valence electrons. The summed E-state index contributed by atoms with van der Waals surface area (Å²) < 4.78 is 13.5. The molecule has 0 spiro atoms. The molecular weight excluding hydrogens is 239 g/mol. The van der Waals surface area contributed by atoms with Crippen molar-refractivity contribution in [2.45, 2.75) is 33.9 Å². The van der Waals surface area contributed by atoms with E-state index in [4.69, 9.17) is 0 Å². The molecule has 0 amide bonds. The van der Waals surface area contributed by atoms with Crippen LogP contribution in [0, 0.1) is 26.6 Å². The number of aromatic nitrogens is 1. The number of halogens is 1. The minimum absolute atomic E-state index is 0.105. The zero-order valence-electron chi connectivity index (χ0n) is 11.6. The molecule has 1 aromatic heterocycles. The highest BCUT2D eigenvalue weighted by Gasteiger charge is 2.04. The van der Waals surface area contributed by atoms with Gasteiger partial charge in [-0.1, -0.05) is 18.2 Å². The van der Waals surface area contributed by atoms with Gasteiger partial charge < -0.3 is 5.32 Å². The van der Waals surface area contributed by atoms with Crippen molar-refractivity contribution >= 4 is 0 Å². The Kier molecular flexibility index (Phi) is 4.27. The van der Waals surface area contributed by atoms with E-state index in [0.29, 0.717) is 11.1 Å². The van der Waals surface area contributed by atoms with Crippen molar-refractivity contribution in [2.75, 3.05) is 0 Å². The molecule has 1 N–H and O–H groups in total. The smallest absolute Gasteiger partial charge is 0.129 e. The second-order valence-corrected chi connectivity index (χ2v) is 4.95. The van der Waals surface area contributed by atoms with E-state index in [-0.39, 0.29) is 5.82 Å². The molecule has 0 radical (unpaired) electrons. The third kappa shape index (κ3) is 3.61. The van der Waals surface area contributed by atoms with Gasteiger partial charge >= 0.3 is 0 Å². The largest absolute Gasteiger partial charge is 0.309 e. The third-order valence-electron chi connectivity index (χ3n) is 3.13. The number of hydrogen-bond acceptors (Lipinski definition) is 2. The van der Waals surface area contributed by atoms with Crippen LogP contribution in [0.4, 0.5) is 4.39 Å². The zero-order valence-corrected chi connectivity index (χ0v) is 11.6. The molecule has 0 aliphatic rings. The van der Waals surface area contributed by atoms with Crippen LogP contribution in [0.3, 0.4) is 0 Å². The number of rotatable bonds is 4. The van der Waals surface area contributed by atoms with Gasteiger partial charge in [0.25, 0.3) is 0 Å². The van der Waals surface area contributed by atoms with Gasteiger partial charge in [-0.25, -0.2) is 4.39 Å². The molecule has 3 heteroatoms. The molecule has 2 nitrogen and oxygen atoms in total. The molecule has 0 aliphatic carbocycles. The number of hydrogen-bond donors (Lipinski definition) is 1. The summed E-state index contributed by atoms with van der Waals surface area (Å²) in [6, 6.07) is 7.85. The van der Waals surface area contributed by atoms with Crippen LogP contribution in [0.1, 0.15) is 27.9 Å². The average Bonchev–Trinajstić information content (AvgIpc) is 2.38. The van der Waals surface area contributed by atoms with Crippen molar-refractivity contribution in [1.29, 1.82) is 0 Å². The minimum atomic E-state index is -0.105. The minimum Gasteiger partial charge on any atom is -0.309 e.